The Balaban J connectivity index is 2.15. The maximum atomic E-state index is 12.7. The molecule has 0 radical (unpaired) electrons. The third kappa shape index (κ3) is 3.61. The SMILES string of the molecule is Cc1ccc(C)c(S(=O)(=O)N2CCN(CC(N)=O)CC2)c1. The van der Waals surface area contributed by atoms with Crippen molar-refractivity contribution in [1.82, 2.24) is 9.21 Å². The first-order valence-electron chi connectivity index (χ1n) is 6.89. The summed E-state index contributed by atoms with van der Waals surface area (Å²) in [4.78, 5) is 13.1. The summed E-state index contributed by atoms with van der Waals surface area (Å²) in [7, 11) is -3.48. The molecule has 1 aliphatic heterocycles. The van der Waals surface area contributed by atoms with Gasteiger partial charge in [-0.3, -0.25) is 9.69 Å². The van der Waals surface area contributed by atoms with Crippen LogP contribution in [-0.2, 0) is 14.8 Å². The minimum Gasteiger partial charge on any atom is -0.369 e. The normalized spacial score (nSPS) is 17.8. The molecule has 1 aliphatic rings. The summed E-state index contributed by atoms with van der Waals surface area (Å²) in [5.74, 6) is -0.388. The molecule has 0 aliphatic carbocycles. The van der Waals surface area contributed by atoms with E-state index >= 15 is 0 Å². The summed E-state index contributed by atoms with van der Waals surface area (Å²) in [5.41, 5.74) is 6.83. The monoisotopic (exact) mass is 311 g/mol. The maximum Gasteiger partial charge on any atom is 0.243 e. The van der Waals surface area contributed by atoms with E-state index in [4.69, 9.17) is 5.73 Å². The molecule has 1 saturated heterocycles. The van der Waals surface area contributed by atoms with E-state index in [1.165, 1.54) is 4.31 Å². The van der Waals surface area contributed by atoms with Gasteiger partial charge >= 0.3 is 0 Å². The summed E-state index contributed by atoms with van der Waals surface area (Å²) in [6.07, 6.45) is 0. The van der Waals surface area contributed by atoms with E-state index in [1.54, 1.807) is 13.0 Å². The Morgan fingerprint density at radius 3 is 2.38 bits per heavy atom. The standard InChI is InChI=1S/C14H21N3O3S/c1-11-3-4-12(2)13(9-11)21(19,20)17-7-5-16(6-8-17)10-14(15)18/h3-4,9H,5-8,10H2,1-2H3,(H2,15,18). The molecule has 1 amide bonds. The highest BCUT2D eigenvalue weighted by Gasteiger charge is 2.29. The smallest absolute Gasteiger partial charge is 0.243 e. The summed E-state index contributed by atoms with van der Waals surface area (Å²) in [6.45, 7) is 5.66. The van der Waals surface area contributed by atoms with Crippen LogP contribution in [0, 0.1) is 13.8 Å². The molecule has 2 N–H and O–H groups in total. The number of sulfonamides is 1. The number of carbonyl (C=O) groups excluding carboxylic acids is 1. The molecule has 1 fully saturated rings. The number of nitrogens with zero attached hydrogens (tertiary/aromatic N) is 2. The molecule has 0 bridgehead atoms. The molecular weight excluding hydrogens is 290 g/mol. The fourth-order valence-corrected chi connectivity index (χ4v) is 4.20. The summed E-state index contributed by atoms with van der Waals surface area (Å²) in [5, 5.41) is 0. The minimum absolute atomic E-state index is 0.178. The highest BCUT2D eigenvalue weighted by molar-refractivity contribution is 7.89. The Kier molecular flexibility index (Phi) is 4.65. The molecule has 116 valence electrons. The second-order valence-corrected chi connectivity index (χ2v) is 7.32. The van der Waals surface area contributed by atoms with Crippen LogP contribution in [0.4, 0.5) is 0 Å². The number of hydrogen-bond acceptors (Lipinski definition) is 4. The van der Waals surface area contributed by atoms with Crippen LogP contribution in [0.15, 0.2) is 23.1 Å². The lowest BCUT2D eigenvalue weighted by Crippen LogP contribution is -2.50. The molecule has 2 rings (SSSR count). The Morgan fingerprint density at radius 1 is 1.19 bits per heavy atom. The number of benzene rings is 1. The molecule has 6 nitrogen and oxygen atoms in total. The number of amides is 1. The highest BCUT2D eigenvalue weighted by atomic mass is 32.2. The van der Waals surface area contributed by atoms with Crippen LogP contribution >= 0.6 is 0 Å². The third-order valence-corrected chi connectivity index (χ3v) is 5.71. The minimum atomic E-state index is -3.48. The van der Waals surface area contributed by atoms with E-state index in [0.717, 1.165) is 11.1 Å². The lowest BCUT2D eigenvalue weighted by molar-refractivity contribution is -0.119. The third-order valence-electron chi connectivity index (χ3n) is 3.67. The fraction of sp³-hybridized carbons (Fsp3) is 0.500. The van der Waals surface area contributed by atoms with E-state index in [1.807, 2.05) is 24.0 Å². The zero-order chi connectivity index (χ0) is 15.6. The fourth-order valence-electron chi connectivity index (χ4n) is 2.47. The summed E-state index contributed by atoms with van der Waals surface area (Å²) < 4.78 is 26.9. The number of aryl methyl sites for hydroxylation is 2. The van der Waals surface area contributed by atoms with Crippen LogP contribution in [0.25, 0.3) is 0 Å². The number of hydrogen-bond donors (Lipinski definition) is 1. The Morgan fingerprint density at radius 2 is 1.81 bits per heavy atom. The molecule has 1 aromatic carbocycles. The van der Waals surface area contributed by atoms with Crippen molar-refractivity contribution in [2.45, 2.75) is 18.7 Å². The van der Waals surface area contributed by atoms with Gasteiger partial charge in [-0.25, -0.2) is 8.42 Å². The van der Waals surface area contributed by atoms with Crippen molar-refractivity contribution in [2.24, 2.45) is 5.73 Å². The molecule has 0 aromatic heterocycles. The van der Waals surface area contributed by atoms with Crippen molar-refractivity contribution in [3.05, 3.63) is 29.3 Å². The first kappa shape index (κ1) is 15.9. The maximum absolute atomic E-state index is 12.7. The molecule has 1 heterocycles. The average molecular weight is 311 g/mol. The molecule has 0 unspecified atom stereocenters. The van der Waals surface area contributed by atoms with Gasteiger partial charge in [0.2, 0.25) is 15.9 Å². The van der Waals surface area contributed by atoms with E-state index < -0.39 is 10.0 Å². The van der Waals surface area contributed by atoms with Crippen molar-refractivity contribution in [3.8, 4) is 0 Å². The quantitative estimate of drug-likeness (QED) is 0.854. The van der Waals surface area contributed by atoms with Crippen LogP contribution in [0.2, 0.25) is 0 Å². The number of piperazine rings is 1. The predicted molar refractivity (Wildman–Crippen MR) is 80.3 cm³/mol. The number of carbonyl (C=O) groups is 1. The number of primary amides is 1. The number of rotatable bonds is 4. The lowest BCUT2D eigenvalue weighted by Gasteiger charge is -2.33. The van der Waals surface area contributed by atoms with Crippen LogP contribution in [-0.4, -0.2) is 56.3 Å². The molecule has 0 spiro atoms. The van der Waals surface area contributed by atoms with Crippen molar-refractivity contribution in [1.29, 1.82) is 0 Å². The van der Waals surface area contributed by atoms with Crippen LogP contribution in [0.3, 0.4) is 0 Å². The molecule has 0 atom stereocenters. The van der Waals surface area contributed by atoms with Gasteiger partial charge in [0, 0.05) is 26.2 Å². The van der Waals surface area contributed by atoms with E-state index in [9.17, 15) is 13.2 Å². The zero-order valence-electron chi connectivity index (χ0n) is 12.4. The van der Waals surface area contributed by atoms with Gasteiger partial charge in [0.25, 0.3) is 0 Å². The molecular formula is C14H21N3O3S. The second-order valence-electron chi connectivity index (χ2n) is 5.42. The van der Waals surface area contributed by atoms with Gasteiger partial charge in [-0.15, -0.1) is 0 Å². The zero-order valence-corrected chi connectivity index (χ0v) is 13.2. The van der Waals surface area contributed by atoms with Crippen molar-refractivity contribution < 1.29 is 13.2 Å². The highest BCUT2D eigenvalue weighted by Crippen LogP contribution is 2.22. The van der Waals surface area contributed by atoms with Crippen molar-refractivity contribution in [3.63, 3.8) is 0 Å². The molecule has 0 saturated carbocycles. The van der Waals surface area contributed by atoms with Crippen molar-refractivity contribution >= 4 is 15.9 Å². The molecule has 7 heteroatoms. The van der Waals surface area contributed by atoms with Gasteiger partial charge < -0.3 is 5.73 Å². The number of nitrogens with two attached hydrogens (primary N) is 1. The topological polar surface area (TPSA) is 83.7 Å². The van der Waals surface area contributed by atoms with Gasteiger partial charge in [0.05, 0.1) is 11.4 Å². The summed E-state index contributed by atoms with van der Waals surface area (Å²) in [6, 6.07) is 5.44. The van der Waals surface area contributed by atoms with Crippen LogP contribution < -0.4 is 5.73 Å². The van der Waals surface area contributed by atoms with Gasteiger partial charge in [-0.05, 0) is 31.0 Å². The van der Waals surface area contributed by atoms with Crippen LogP contribution in [0.1, 0.15) is 11.1 Å². The van der Waals surface area contributed by atoms with E-state index in [2.05, 4.69) is 0 Å². The first-order chi connectivity index (χ1) is 9.80. The Labute approximate surface area is 125 Å². The van der Waals surface area contributed by atoms with Gasteiger partial charge in [-0.2, -0.15) is 4.31 Å². The van der Waals surface area contributed by atoms with Gasteiger partial charge in [0.15, 0.2) is 0 Å². The largest absolute Gasteiger partial charge is 0.369 e. The van der Waals surface area contributed by atoms with Crippen molar-refractivity contribution in [2.75, 3.05) is 32.7 Å². The molecule has 1 aromatic rings. The van der Waals surface area contributed by atoms with E-state index in [0.29, 0.717) is 31.1 Å². The van der Waals surface area contributed by atoms with E-state index in [-0.39, 0.29) is 12.5 Å². The van der Waals surface area contributed by atoms with Gasteiger partial charge in [-0.1, -0.05) is 12.1 Å². The second kappa shape index (κ2) is 6.13. The van der Waals surface area contributed by atoms with Gasteiger partial charge in [0.1, 0.15) is 0 Å². The average Bonchev–Trinajstić information content (AvgIpc) is 2.41. The molecule has 21 heavy (non-hydrogen) atoms. The lowest BCUT2D eigenvalue weighted by atomic mass is 10.2. The summed E-state index contributed by atoms with van der Waals surface area (Å²) >= 11 is 0. The van der Waals surface area contributed by atoms with Crippen LogP contribution in [0.5, 0.6) is 0 Å². The first-order valence-corrected chi connectivity index (χ1v) is 8.33. The predicted octanol–water partition coefficient (Wildman–Crippen LogP) is 0.0950. The Bertz CT molecular complexity index is 635. The Hall–Kier alpha value is -1.44.